The lowest BCUT2D eigenvalue weighted by molar-refractivity contribution is 0.130. The van der Waals surface area contributed by atoms with Crippen molar-refractivity contribution in [2.45, 2.75) is 32.0 Å². The number of nitrogens with one attached hydrogen (secondary N) is 3. The van der Waals surface area contributed by atoms with Crippen LogP contribution in [-0.4, -0.2) is 28.2 Å². The molecule has 0 saturated heterocycles. The van der Waals surface area contributed by atoms with E-state index in [1.165, 1.54) is 0 Å². The molecule has 0 aliphatic carbocycles. The lowest BCUT2D eigenvalue weighted by Gasteiger charge is -2.25. The minimum atomic E-state index is -0.635. The van der Waals surface area contributed by atoms with Crippen LogP contribution in [0.5, 0.6) is 5.75 Å². The Morgan fingerprint density at radius 1 is 1.00 bits per heavy atom. The van der Waals surface area contributed by atoms with Crippen molar-refractivity contribution >= 4 is 11.0 Å². The first kappa shape index (κ1) is 17.3. The molecule has 0 spiro atoms. The fourth-order valence-electron chi connectivity index (χ4n) is 2.99. The molecule has 2 aromatic carbocycles. The predicted octanol–water partition coefficient (Wildman–Crippen LogP) is 2.64. The lowest BCUT2D eigenvalue weighted by atomic mass is 10.0. The maximum atomic E-state index is 11.4. The molecule has 3 rings (SSSR count). The topological polar surface area (TPSA) is 90.1 Å². The maximum Gasteiger partial charge on any atom is 0.323 e. The third-order valence-corrected chi connectivity index (χ3v) is 4.48. The Hall–Kier alpha value is -2.57. The van der Waals surface area contributed by atoms with Gasteiger partial charge in [0, 0.05) is 12.1 Å². The highest BCUT2D eigenvalue weighted by Gasteiger charge is 2.19. The Labute approximate surface area is 145 Å². The molecular weight excluding hydrogens is 318 g/mol. The van der Waals surface area contributed by atoms with Gasteiger partial charge in [0.1, 0.15) is 5.75 Å². The number of fused-ring (bicyclic) bond motifs is 1. The van der Waals surface area contributed by atoms with E-state index in [0.717, 1.165) is 27.9 Å². The molecule has 4 N–H and O–H groups in total. The predicted molar refractivity (Wildman–Crippen MR) is 97.9 cm³/mol. The summed E-state index contributed by atoms with van der Waals surface area (Å²) in [5.74, 6) is 0.763. The molecule has 3 atom stereocenters. The first-order chi connectivity index (χ1) is 12.0. The number of hydrogen-bond donors (Lipinski definition) is 4. The summed E-state index contributed by atoms with van der Waals surface area (Å²) < 4.78 is 5.14. The Balaban J connectivity index is 1.71. The minimum Gasteiger partial charge on any atom is -0.497 e. The average molecular weight is 341 g/mol. The summed E-state index contributed by atoms with van der Waals surface area (Å²) in [6.45, 7) is 3.98. The van der Waals surface area contributed by atoms with Crippen molar-refractivity contribution in [1.82, 2.24) is 15.3 Å². The zero-order chi connectivity index (χ0) is 18.0. The molecule has 0 aliphatic heterocycles. The number of imidazole rings is 1. The van der Waals surface area contributed by atoms with Gasteiger partial charge >= 0.3 is 5.69 Å². The summed E-state index contributed by atoms with van der Waals surface area (Å²) in [5.41, 5.74) is 3.22. The SMILES string of the molecule is COc1ccc(C(O)C(C)NC(C)c2ccc3[nH]c(=O)[nH]c3c2)cc1. The van der Waals surface area contributed by atoms with Crippen LogP contribution in [0.15, 0.2) is 47.3 Å². The third kappa shape index (κ3) is 3.75. The van der Waals surface area contributed by atoms with Gasteiger partial charge in [-0.15, -0.1) is 0 Å². The molecule has 3 aromatic rings. The average Bonchev–Trinajstić information content (AvgIpc) is 3.00. The van der Waals surface area contributed by atoms with E-state index in [1.807, 2.05) is 56.3 Å². The summed E-state index contributed by atoms with van der Waals surface area (Å²) in [5, 5.41) is 14.0. The van der Waals surface area contributed by atoms with Gasteiger partial charge in [0.25, 0.3) is 0 Å². The summed E-state index contributed by atoms with van der Waals surface area (Å²) in [4.78, 5) is 16.9. The van der Waals surface area contributed by atoms with Crippen LogP contribution in [-0.2, 0) is 0 Å². The second kappa shape index (κ2) is 7.13. The van der Waals surface area contributed by atoms with Gasteiger partial charge in [0.2, 0.25) is 0 Å². The van der Waals surface area contributed by atoms with Crippen LogP contribution >= 0.6 is 0 Å². The van der Waals surface area contributed by atoms with Gasteiger partial charge < -0.3 is 25.1 Å². The van der Waals surface area contributed by atoms with Gasteiger partial charge in [0.15, 0.2) is 0 Å². The number of aliphatic hydroxyl groups excluding tert-OH is 1. The molecule has 132 valence electrons. The fraction of sp³-hybridized carbons (Fsp3) is 0.316. The quantitative estimate of drug-likeness (QED) is 0.555. The van der Waals surface area contributed by atoms with Crippen LogP contribution in [0.4, 0.5) is 0 Å². The first-order valence-electron chi connectivity index (χ1n) is 8.28. The fourth-order valence-corrected chi connectivity index (χ4v) is 2.99. The number of benzene rings is 2. The number of aromatic nitrogens is 2. The Morgan fingerprint density at radius 2 is 1.64 bits per heavy atom. The number of H-pyrrole nitrogens is 2. The van der Waals surface area contributed by atoms with Crippen molar-refractivity contribution in [2.24, 2.45) is 0 Å². The molecular formula is C19H23N3O3. The van der Waals surface area contributed by atoms with Gasteiger partial charge in [-0.2, -0.15) is 0 Å². The standard InChI is InChI=1S/C19H23N3O3/c1-11(14-6-9-16-17(10-14)22-19(24)21-16)20-12(2)18(23)13-4-7-15(25-3)8-5-13/h4-12,18,20,23H,1-3H3,(H2,21,22,24). The molecule has 3 unspecified atom stereocenters. The third-order valence-electron chi connectivity index (χ3n) is 4.48. The van der Waals surface area contributed by atoms with Crippen molar-refractivity contribution in [3.8, 4) is 5.75 Å². The second-order valence-electron chi connectivity index (χ2n) is 6.28. The minimum absolute atomic E-state index is 0.0192. The van der Waals surface area contributed by atoms with Crippen LogP contribution < -0.4 is 15.7 Å². The van der Waals surface area contributed by atoms with E-state index in [1.54, 1.807) is 7.11 Å². The van der Waals surface area contributed by atoms with Crippen LogP contribution in [0, 0.1) is 0 Å². The van der Waals surface area contributed by atoms with E-state index in [-0.39, 0.29) is 17.8 Å². The van der Waals surface area contributed by atoms with Gasteiger partial charge in [0.05, 0.1) is 24.2 Å². The molecule has 6 nitrogen and oxygen atoms in total. The van der Waals surface area contributed by atoms with Gasteiger partial charge in [-0.1, -0.05) is 18.2 Å². The summed E-state index contributed by atoms with van der Waals surface area (Å²) in [6, 6.07) is 13.1. The number of hydrogen-bond acceptors (Lipinski definition) is 4. The zero-order valence-corrected chi connectivity index (χ0v) is 14.5. The molecule has 0 radical (unpaired) electrons. The molecule has 0 amide bonds. The maximum absolute atomic E-state index is 11.4. The van der Waals surface area contributed by atoms with Crippen molar-refractivity contribution in [2.75, 3.05) is 7.11 Å². The van der Waals surface area contributed by atoms with Crippen molar-refractivity contribution in [3.63, 3.8) is 0 Å². The summed E-state index contributed by atoms with van der Waals surface area (Å²) in [6.07, 6.45) is -0.635. The molecule has 0 saturated carbocycles. The van der Waals surface area contributed by atoms with Crippen LogP contribution in [0.1, 0.15) is 37.1 Å². The van der Waals surface area contributed by atoms with Crippen LogP contribution in [0.25, 0.3) is 11.0 Å². The highest BCUT2D eigenvalue weighted by atomic mass is 16.5. The van der Waals surface area contributed by atoms with Gasteiger partial charge in [-0.05, 0) is 49.2 Å². The Kier molecular flexibility index (Phi) is 4.92. The first-order valence-corrected chi connectivity index (χ1v) is 8.28. The monoisotopic (exact) mass is 341 g/mol. The number of rotatable bonds is 6. The Morgan fingerprint density at radius 3 is 2.32 bits per heavy atom. The number of ether oxygens (including phenoxy) is 1. The smallest absolute Gasteiger partial charge is 0.323 e. The summed E-state index contributed by atoms with van der Waals surface area (Å²) >= 11 is 0. The normalized spacial score (nSPS) is 15.0. The number of aromatic amines is 2. The molecule has 1 heterocycles. The van der Waals surface area contributed by atoms with Crippen molar-refractivity contribution in [1.29, 1.82) is 0 Å². The van der Waals surface area contributed by atoms with Gasteiger partial charge in [-0.25, -0.2) is 4.79 Å². The van der Waals surface area contributed by atoms with Crippen molar-refractivity contribution < 1.29 is 9.84 Å². The second-order valence-corrected chi connectivity index (χ2v) is 6.28. The van der Waals surface area contributed by atoms with Crippen molar-refractivity contribution in [3.05, 3.63) is 64.1 Å². The number of methoxy groups -OCH3 is 1. The molecule has 1 aromatic heterocycles. The largest absolute Gasteiger partial charge is 0.497 e. The van der Waals surface area contributed by atoms with E-state index < -0.39 is 6.10 Å². The Bertz CT molecular complexity index is 898. The molecule has 0 bridgehead atoms. The molecule has 0 aliphatic rings. The zero-order valence-electron chi connectivity index (χ0n) is 14.5. The lowest BCUT2D eigenvalue weighted by Crippen LogP contribution is -2.34. The van der Waals surface area contributed by atoms with E-state index in [4.69, 9.17) is 4.74 Å². The van der Waals surface area contributed by atoms with E-state index in [9.17, 15) is 9.90 Å². The van der Waals surface area contributed by atoms with Gasteiger partial charge in [-0.3, -0.25) is 0 Å². The highest BCUT2D eigenvalue weighted by Crippen LogP contribution is 2.23. The van der Waals surface area contributed by atoms with E-state index >= 15 is 0 Å². The number of aliphatic hydroxyl groups is 1. The van der Waals surface area contributed by atoms with Crippen LogP contribution in [0.2, 0.25) is 0 Å². The van der Waals surface area contributed by atoms with E-state index in [2.05, 4.69) is 15.3 Å². The molecule has 0 fully saturated rings. The summed E-state index contributed by atoms with van der Waals surface area (Å²) in [7, 11) is 1.62. The molecule has 6 heteroatoms. The molecule has 25 heavy (non-hydrogen) atoms. The van der Waals surface area contributed by atoms with E-state index in [0.29, 0.717) is 0 Å². The van der Waals surface area contributed by atoms with Crippen LogP contribution in [0.3, 0.4) is 0 Å². The highest BCUT2D eigenvalue weighted by molar-refractivity contribution is 5.75.